The maximum absolute atomic E-state index is 5.37. The predicted octanol–water partition coefficient (Wildman–Crippen LogP) is 2.01. The summed E-state index contributed by atoms with van der Waals surface area (Å²) in [5.74, 6) is 0. The first kappa shape index (κ1) is 10.3. The molecule has 1 aromatic carbocycles. The fourth-order valence-electron chi connectivity index (χ4n) is 2.74. The summed E-state index contributed by atoms with van der Waals surface area (Å²) < 4.78 is 5.37. The number of hydrogen-bond donors (Lipinski definition) is 0. The molecular formula is C14H19NO. The standard InChI is InChI=1S/C14H19NO/c1-2-13-5-4-12(10-14(13)3-1)11-15-6-8-16-9-7-15/h4-5,10H,1-3,6-9,11H2. The summed E-state index contributed by atoms with van der Waals surface area (Å²) in [4.78, 5) is 2.49. The van der Waals surface area contributed by atoms with Crippen molar-refractivity contribution in [3.63, 3.8) is 0 Å². The molecule has 1 aliphatic heterocycles. The minimum Gasteiger partial charge on any atom is -0.379 e. The van der Waals surface area contributed by atoms with Crippen LogP contribution in [0.3, 0.4) is 0 Å². The van der Waals surface area contributed by atoms with E-state index in [4.69, 9.17) is 4.74 Å². The van der Waals surface area contributed by atoms with E-state index in [1.807, 2.05) is 0 Å². The van der Waals surface area contributed by atoms with Gasteiger partial charge in [0.25, 0.3) is 0 Å². The Labute approximate surface area is 97.2 Å². The smallest absolute Gasteiger partial charge is 0.0594 e. The molecule has 0 saturated carbocycles. The second-order valence-corrected chi connectivity index (χ2v) is 4.85. The van der Waals surface area contributed by atoms with E-state index in [0.29, 0.717) is 0 Å². The predicted molar refractivity (Wildman–Crippen MR) is 64.6 cm³/mol. The van der Waals surface area contributed by atoms with E-state index in [0.717, 1.165) is 32.8 Å². The Hall–Kier alpha value is -0.860. The summed E-state index contributed by atoms with van der Waals surface area (Å²) in [7, 11) is 0. The average molecular weight is 217 g/mol. The lowest BCUT2D eigenvalue weighted by molar-refractivity contribution is 0.0342. The molecule has 0 radical (unpaired) electrons. The molecule has 1 saturated heterocycles. The minimum atomic E-state index is 0.894. The normalized spacial score (nSPS) is 21.0. The van der Waals surface area contributed by atoms with Gasteiger partial charge in [-0.1, -0.05) is 18.2 Å². The van der Waals surface area contributed by atoms with Gasteiger partial charge in [-0.05, 0) is 36.0 Å². The summed E-state index contributed by atoms with van der Waals surface area (Å²) in [5, 5.41) is 0. The van der Waals surface area contributed by atoms with Crippen molar-refractivity contribution < 1.29 is 4.74 Å². The maximum atomic E-state index is 5.37. The van der Waals surface area contributed by atoms with E-state index >= 15 is 0 Å². The summed E-state index contributed by atoms with van der Waals surface area (Å²) in [6, 6.07) is 7.05. The molecule has 0 amide bonds. The highest BCUT2D eigenvalue weighted by Gasteiger charge is 2.14. The van der Waals surface area contributed by atoms with Crippen molar-refractivity contribution in [1.82, 2.24) is 4.90 Å². The van der Waals surface area contributed by atoms with Gasteiger partial charge >= 0.3 is 0 Å². The Morgan fingerprint density at radius 1 is 1.06 bits per heavy atom. The highest BCUT2D eigenvalue weighted by atomic mass is 16.5. The molecule has 16 heavy (non-hydrogen) atoms. The van der Waals surface area contributed by atoms with E-state index in [9.17, 15) is 0 Å². The van der Waals surface area contributed by atoms with Gasteiger partial charge in [-0.2, -0.15) is 0 Å². The van der Waals surface area contributed by atoms with Gasteiger partial charge in [-0.3, -0.25) is 4.90 Å². The molecule has 0 atom stereocenters. The van der Waals surface area contributed by atoms with E-state index in [1.165, 1.54) is 24.8 Å². The number of nitrogens with zero attached hydrogens (tertiary/aromatic N) is 1. The van der Waals surface area contributed by atoms with Crippen molar-refractivity contribution in [3.05, 3.63) is 34.9 Å². The summed E-state index contributed by atoms with van der Waals surface area (Å²) in [5.41, 5.74) is 4.64. The molecule has 1 heterocycles. The first-order chi connectivity index (χ1) is 7.92. The van der Waals surface area contributed by atoms with Gasteiger partial charge in [0.15, 0.2) is 0 Å². The van der Waals surface area contributed by atoms with Crippen LogP contribution in [0.15, 0.2) is 18.2 Å². The molecule has 0 N–H and O–H groups in total. The highest BCUT2D eigenvalue weighted by Crippen LogP contribution is 2.23. The average Bonchev–Trinajstić information content (AvgIpc) is 2.77. The minimum absolute atomic E-state index is 0.894. The van der Waals surface area contributed by atoms with Crippen molar-refractivity contribution in [1.29, 1.82) is 0 Å². The Bertz CT molecular complexity index is 369. The van der Waals surface area contributed by atoms with Crippen LogP contribution >= 0.6 is 0 Å². The molecule has 0 bridgehead atoms. The van der Waals surface area contributed by atoms with Crippen molar-refractivity contribution >= 4 is 0 Å². The van der Waals surface area contributed by atoms with Crippen LogP contribution in [0.1, 0.15) is 23.1 Å². The van der Waals surface area contributed by atoms with Crippen LogP contribution in [0, 0.1) is 0 Å². The third kappa shape index (κ3) is 2.13. The lowest BCUT2D eigenvalue weighted by Crippen LogP contribution is -2.35. The van der Waals surface area contributed by atoms with Crippen LogP contribution in [0.5, 0.6) is 0 Å². The zero-order chi connectivity index (χ0) is 10.8. The number of hydrogen-bond acceptors (Lipinski definition) is 2. The van der Waals surface area contributed by atoms with Crippen LogP contribution in [0.25, 0.3) is 0 Å². The lowest BCUT2D eigenvalue weighted by atomic mass is 10.1. The molecule has 86 valence electrons. The van der Waals surface area contributed by atoms with Gasteiger partial charge in [0.05, 0.1) is 13.2 Å². The Morgan fingerprint density at radius 2 is 1.88 bits per heavy atom. The second-order valence-electron chi connectivity index (χ2n) is 4.85. The van der Waals surface area contributed by atoms with Crippen molar-refractivity contribution in [2.45, 2.75) is 25.8 Å². The topological polar surface area (TPSA) is 12.5 Å². The fraction of sp³-hybridized carbons (Fsp3) is 0.571. The molecule has 1 aliphatic carbocycles. The van der Waals surface area contributed by atoms with Gasteiger partial charge in [-0.25, -0.2) is 0 Å². The quantitative estimate of drug-likeness (QED) is 0.751. The monoisotopic (exact) mass is 217 g/mol. The molecular weight excluding hydrogens is 198 g/mol. The Kier molecular flexibility index (Phi) is 2.94. The molecule has 0 aromatic heterocycles. The summed E-state index contributed by atoms with van der Waals surface area (Å²) >= 11 is 0. The summed E-state index contributed by atoms with van der Waals surface area (Å²) in [6.07, 6.45) is 3.91. The van der Waals surface area contributed by atoms with E-state index < -0.39 is 0 Å². The number of aryl methyl sites for hydroxylation is 2. The van der Waals surface area contributed by atoms with E-state index in [2.05, 4.69) is 23.1 Å². The maximum Gasteiger partial charge on any atom is 0.0594 e. The zero-order valence-electron chi connectivity index (χ0n) is 9.74. The number of benzene rings is 1. The SMILES string of the molecule is c1cc2c(cc1CN1CCOCC1)CCC2. The molecule has 2 heteroatoms. The lowest BCUT2D eigenvalue weighted by Gasteiger charge is -2.26. The van der Waals surface area contributed by atoms with E-state index in [1.54, 1.807) is 11.1 Å². The van der Waals surface area contributed by atoms with Crippen molar-refractivity contribution in [2.24, 2.45) is 0 Å². The first-order valence-electron chi connectivity index (χ1n) is 6.32. The van der Waals surface area contributed by atoms with Gasteiger partial charge in [-0.15, -0.1) is 0 Å². The van der Waals surface area contributed by atoms with Crippen molar-refractivity contribution in [2.75, 3.05) is 26.3 Å². The van der Waals surface area contributed by atoms with Gasteiger partial charge < -0.3 is 4.74 Å². The third-order valence-electron chi connectivity index (χ3n) is 3.67. The molecule has 1 fully saturated rings. The molecule has 0 unspecified atom stereocenters. The van der Waals surface area contributed by atoms with Crippen LogP contribution in [0.4, 0.5) is 0 Å². The number of ether oxygens (including phenoxy) is 1. The fourth-order valence-corrected chi connectivity index (χ4v) is 2.74. The molecule has 1 aromatic rings. The second kappa shape index (κ2) is 4.56. The van der Waals surface area contributed by atoms with Gasteiger partial charge in [0, 0.05) is 19.6 Å². The van der Waals surface area contributed by atoms with Crippen LogP contribution in [-0.4, -0.2) is 31.2 Å². The largest absolute Gasteiger partial charge is 0.379 e. The third-order valence-corrected chi connectivity index (χ3v) is 3.67. The zero-order valence-corrected chi connectivity index (χ0v) is 9.74. The van der Waals surface area contributed by atoms with Gasteiger partial charge in [0.2, 0.25) is 0 Å². The van der Waals surface area contributed by atoms with Crippen LogP contribution < -0.4 is 0 Å². The number of rotatable bonds is 2. The van der Waals surface area contributed by atoms with Crippen molar-refractivity contribution in [3.8, 4) is 0 Å². The first-order valence-corrected chi connectivity index (χ1v) is 6.32. The molecule has 3 rings (SSSR count). The number of fused-ring (bicyclic) bond motifs is 1. The molecule has 2 aliphatic rings. The Morgan fingerprint density at radius 3 is 2.75 bits per heavy atom. The molecule has 0 spiro atoms. The van der Waals surface area contributed by atoms with Crippen LogP contribution in [0.2, 0.25) is 0 Å². The Balaban J connectivity index is 1.69. The molecule has 2 nitrogen and oxygen atoms in total. The summed E-state index contributed by atoms with van der Waals surface area (Å²) in [6.45, 7) is 5.04. The van der Waals surface area contributed by atoms with Crippen LogP contribution in [-0.2, 0) is 24.1 Å². The van der Waals surface area contributed by atoms with Gasteiger partial charge in [0.1, 0.15) is 0 Å². The van der Waals surface area contributed by atoms with E-state index in [-0.39, 0.29) is 0 Å². The number of morpholine rings is 1. The highest BCUT2D eigenvalue weighted by molar-refractivity contribution is 5.35.